The largest absolute Gasteiger partial charge is 0.229 e. The fraction of sp³-hybridized carbons (Fsp3) is 0.364. The average molecular weight is 292 g/mol. The molecule has 0 atom stereocenters. The molecule has 0 fully saturated rings. The number of hydrogen-bond acceptors (Lipinski definition) is 7. The highest BCUT2D eigenvalue weighted by atomic mass is 32.2. The predicted octanol–water partition coefficient (Wildman–Crippen LogP) is 2.72. The third-order valence-corrected chi connectivity index (χ3v) is 4.48. The van der Waals surface area contributed by atoms with Crippen LogP contribution in [0.3, 0.4) is 0 Å². The van der Waals surface area contributed by atoms with Crippen LogP contribution in [0.1, 0.15) is 24.8 Å². The van der Waals surface area contributed by atoms with Crippen LogP contribution in [-0.4, -0.2) is 30.2 Å². The molecular weight excluding hydrogens is 280 g/mol. The van der Waals surface area contributed by atoms with E-state index in [-0.39, 0.29) is 6.04 Å². The molecule has 0 spiro atoms. The summed E-state index contributed by atoms with van der Waals surface area (Å²) in [5.41, 5.74) is 0. The maximum atomic E-state index is 4.35. The van der Waals surface area contributed by atoms with Gasteiger partial charge in [-0.15, -0.1) is 16.4 Å². The average Bonchev–Trinajstić information content (AvgIpc) is 2.95. The number of hydrogen-bond donors (Lipinski definition) is 0. The van der Waals surface area contributed by atoms with Crippen molar-refractivity contribution in [2.75, 3.05) is 0 Å². The molecule has 3 heterocycles. The predicted molar refractivity (Wildman–Crippen MR) is 74.5 cm³/mol. The molecule has 0 aliphatic rings. The van der Waals surface area contributed by atoms with Crippen molar-refractivity contribution in [3.8, 4) is 0 Å². The topological polar surface area (TPSA) is 69.4 Å². The number of nitrogens with zero attached hydrogens (tertiary/aromatic N) is 6. The molecule has 3 aromatic heterocycles. The van der Waals surface area contributed by atoms with Gasteiger partial charge in [-0.1, -0.05) is 0 Å². The van der Waals surface area contributed by atoms with Gasteiger partial charge in [0.25, 0.3) is 0 Å². The van der Waals surface area contributed by atoms with Gasteiger partial charge in [-0.25, -0.2) is 14.6 Å². The summed E-state index contributed by atoms with van der Waals surface area (Å²) in [5, 5.41) is 14.5. The molecule has 0 aromatic carbocycles. The van der Waals surface area contributed by atoms with Gasteiger partial charge in [0.15, 0.2) is 0 Å². The Bertz CT molecular complexity index is 717. The second-order valence-corrected chi connectivity index (χ2v) is 6.55. The molecule has 19 heavy (non-hydrogen) atoms. The number of aromatic nitrogens is 6. The van der Waals surface area contributed by atoms with Gasteiger partial charge in [0.1, 0.15) is 16.2 Å². The summed E-state index contributed by atoms with van der Waals surface area (Å²) in [6, 6.07) is 2.32. The summed E-state index contributed by atoms with van der Waals surface area (Å²) >= 11 is 3.14. The van der Waals surface area contributed by atoms with Crippen molar-refractivity contribution in [1.82, 2.24) is 30.2 Å². The van der Waals surface area contributed by atoms with Gasteiger partial charge in [0.05, 0.1) is 6.04 Å². The lowest BCUT2D eigenvalue weighted by Crippen LogP contribution is -2.04. The number of thiophene rings is 1. The molecular formula is C11H12N6S2. The third-order valence-electron chi connectivity index (χ3n) is 2.56. The summed E-state index contributed by atoms with van der Waals surface area (Å²) < 4.78 is 1.79. The lowest BCUT2D eigenvalue weighted by Gasteiger charge is -2.06. The van der Waals surface area contributed by atoms with Crippen LogP contribution in [-0.2, 0) is 0 Å². The minimum Gasteiger partial charge on any atom is -0.229 e. The fourth-order valence-electron chi connectivity index (χ4n) is 1.70. The molecule has 0 amide bonds. The van der Waals surface area contributed by atoms with E-state index in [9.17, 15) is 0 Å². The van der Waals surface area contributed by atoms with E-state index >= 15 is 0 Å². The third kappa shape index (κ3) is 2.33. The van der Waals surface area contributed by atoms with Gasteiger partial charge in [-0.3, -0.25) is 0 Å². The van der Waals surface area contributed by atoms with Crippen molar-refractivity contribution in [1.29, 1.82) is 0 Å². The summed E-state index contributed by atoms with van der Waals surface area (Å²) in [6.07, 6.45) is 1.59. The summed E-state index contributed by atoms with van der Waals surface area (Å²) in [5.74, 6) is 0. The zero-order chi connectivity index (χ0) is 13.4. The summed E-state index contributed by atoms with van der Waals surface area (Å²) in [4.78, 5) is 10.9. The number of tetrazole rings is 1. The molecule has 0 saturated carbocycles. The van der Waals surface area contributed by atoms with E-state index in [0.717, 1.165) is 20.4 Å². The lowest BCUT2D eigenvalue weighted by molar-refractivity contribution is 0.477. The van der Waals surface area contributed by atoms with Crippen molar-refractivity contribution in [3.63, 3.8) is 0 Å². The molecule has 0 aliphatic carbocycles. The lowest BCUT2D eigenvalue weighted by atomic mass is 10.4. The Kier molecular flexibility index (Phi) is 3.19. The minimum atomic E-state index is 0.221. The molecule has 0 radical (unpaired) electrons. The van der Waals surface area contributed by atoms with Gasteiger partial charge in [0, 0.05) is 10.3 Å². The van der Waals surface area contributed by atoms with Crippen LogP contribution in [0.25, 0.3) is 10.2 Å². The molecule has 98 valence electrons. The zero-order valence-electron chi connectivity index (χ0n) is 10.7. The Hall–Kier alpha value is -1.54. The molecule has 8 heteroatoms. The highest BCUT2D eigenvalue weighted by Gasteiger charge is 2.14. The van der Waals surface area contributed by atoms with E-state index in [1.54, 1.807) is 22.3 Å². The molecule has 0 saturated heterocycles. The normalized spacial score (nSPS) is 11.6. The molecule has 3 rings (SSSR count). The first-order valence-corrected chi connectivity index (χ1v) is 7.45. The van der Waals surface area contributed by atoms with Crippen LogP contribution in [0.2, 0.25) is 0 Å². The Morgan fingerprint density at radius 1 is 1.32 bits per heavy atom. The van der Waals surface area contributed by atoms with Gasteiger partial charge in [-0.05, 0) is 49.0 Å². The number of fused-ring (bicyclic) bond motifs is 1. The van der Waals surface area contributed by atoms with Gasteiger partial charge >= 0.3 is 0 Å². The number of aryl methyl sites for hydroxylation is 1. The Morgan fingerprint density at radius 2 is 2.16 bits per heavy atom. The van der Waals surface area contributed by atoms with Crippen molar-refractivity contribution >= 4 is 33.3 Å². The first-order valence-electron chi connectivity index (χ1n) is 5.82. The highest BCUT2D eigenvalue weighted by Crippen LogP contribution is 2.33. The van der Waals surface area contributed by atoms with Crippen molar-refractivity contribution in [2.24, 2.45) is 0 Å². The van der Waals surface area contributed by atoms with Gasteiger partial charge < -0.3 is 0 Å². The first-order chi connectivity index (χ1) is 9.15. The maximum Gasteiger partial charge on any atom is 0.215 e. The Labute approximate surface area is 118 Å². The maximum absolute atomic E-state index is 4.35. The van der Waals surface area contributed by atoms with Crippen LogP contribution in [0, 0.1) is 6.92 Å². The molecule has 0 unspecified atom stereocenters. The standard InChI is InChI=1S/C11H12N6S2/c1-6(2)17-11(14-15-16-17)19-10-8-4-7(3)18-9(8)12-5-13-10/h4-6H,1-3H3. The van der Waals surface area contributed by atoms with Crippen molar-refractivity contribution < 1.29 is 0 Å². The fourth-order valence-corrected chi connectivity index (χ4v) is 3.57. The second kappa shape index (κ2) is 4.86. The van der Waals surface area contributed by atoms with Gasteiger partial charge in [0.2, 0.25) is 5.16 Å². The highest BCUT2D eigenvalue weighted by molar-refractivity contribution is 7.99. The smallest absolute Gasteiger partial charge is 0.215 e. The molecule has 0 bridgehead atoms. The van der Waals surface area contributed by atoms with Crippen LogP contribution in [0.15, 0.2) is 22.6 Å². The first kappa shape index (κ1) is 12.5. The molecule has 0 N–H and O–H groups in total. The van der Waals surface area contributed by atoms with Crippen molar-refractivity contribution in [3.05, 3.63) is 17.3 Å². The Morgan fingerprint density at radius 3 is 2.95 bits per heavy atom. The summed E-state index contributed by atoms with van der Waals surface area (Å²) in [7, 11) is 0. The molecule has 0 aliphatic heterocycles. The monoisotopic (exact) mass is 292 g/mol. The van der Waals surface area contributed by atoms with E-state index in [1.807, 2.05) is 13.8 Å². The van der Waals surface area contributed by atoms with Crippen LogP contribution < -0.4 is 0 Å². The van der Waals surface area contributed by atoms with E-state index < -0.39 is 0 Å². The van der Waals surface area contributed by atoms with E-state index in [2.05, 4.69) is 38.5 Å². The van der Waals surface area contributed by atoms with E-state index in [1.165, 1.54) is 16.6 Å². The van der Waals surface area contributed by atoms with E-state index in [4.69, 9.17) is 0 Å². The van der Waals surface area contributed by atoms with E-state index in [0.29, 0.717) is 0 Å². The number of rotatable bonds is 3. The Balaban J connectivity index is 2.03. The SMILES string of the molecule is Cc1cc2c(Sc3nnnn3C(C)C)ncnc2s1. The van der Waals surface area contributed by atoms with Crippen molar-refractivity contribution in [2.45, 2.75) is 37.0 Å². The second-order valence-electron chi connectivity index (χ2n) is 4.36. The van der Waals surface area contributed by atoms with Crippen LogP contribution in [0.4, 0.5) is 0 Å². The molecule has 3 aromatic rings. The zero-order valence-corrected chi connectivity index (χ0v) is 12.4. The van der Waals surface area contributed by atoms with Gasteiger partial charge in [-0.2, -0.15) is 0 Å². The quantitative estimate of drug-likeness (QED) is 0.691. The van der Waals surface area contributed by atoms with Crippen LogP contribution in [0.5, 0.6) is 0 Å². The minimum absolute atomic E-state index is 0.221. The van der Waals surface area contributed by atoms with Crippen LogP contribution >= 0.6 is 23.1 Å². The molecule has 6 nitrogen and oxygen atoms in total. The summed E-state index contributed by atoms with van der Waals surface area (Å²) in [6.45, 7) is 6.16.